The summed E-state index contributed by atoms with van der Waals surface area (Å²) in [5, 5.41) is 0. The number of benzene rings is 1. The third-order valence-electron chi connectivity index (χ3n) is 4.70. The number of amides is 1. The zero-order valence-electron chi connectivity index (χ0n) is 16.0. The number of nitrogens with zero attached hydrogens (tertiary/aromatic N) is 6. The van der Waals surface area contributed by atoms with Crippen molar-refractivity contribution >= 4 is 23.0 Å². The first-order chi connectivity index (χ1) is 13.0. The number of carbonyl (C=O) groups excluding carboxylic acids is 1. The van der Waals surface area contributed by atoms with Crippen LogP contribution in [0.3, 0.4) is 0 Å². The van der Waals surface area contributed by atoms with E-state index in [4.69, 9.17) is 10.7 Å². The predicted octanol–water partition coefficient (Wildman–Crippen LogP) is 1.69. The van der Waals surface area contributed by atoms with Gasteiger partial charge in [-0.25, -0.2) is 9.97 Å². The fraction of sp³-hybridized carbons (Fsp3) is 0.368. The summed E-state index contributed by atoms with van der Waals surface area (Å²) in [7, 11) is 1.99. The lowest BCUT2D eigenvalue weighted by Crippen LogP contribution is -2.33. The van der Waals surface area contributed by atoms with Crippen molar-refractivity contribution in [1.29, 1.82) is 0 Å². The molecule has 1 amide bonds. The highest BCUT2D eigenvalue weighted by atomic mass is 16.1. The fourth-order valence-electron chi connectivity index (χ4n) is 2.89. The van der Waals surface area contributed by atoms with Crippen molar-refractivity contribution in [3.05, 3.63) is 42.4 Å². The van der Waals surface area contributed by atoms with Gasteiger partial charge in [-0.2, -0.15) is 4.98 Å². The Morgan fingerprint density at radius 3 is 2.44 bits per heavy atom. The summed E-state index contributed by atoms with van der Waals surface area (Å²) >= 11 is 0. The third-order valence-corrected chi connectivity index (χ3v) is 4.70. The van der Waals surface area contributed by atoms with E-state index in [1.54, 1.807) is 24.7 Å². The summed E-state index contributed by atoms with van der Waals surface area (Å²) in [6.45, 7) is 8.17. The third kappa shape index (κ3) is 4.06. The van der Waals surface area contributed by atoms with Crippen LogP contribution in [0.4, 0.5) is 5.95 Å². The quantitative estimate of drug-likeness (QED) is 0.651. The van der Waals surface area contributed by atoms with Crippen LogP contribution in [0.2, 0.25) is 0 Å². The highest BCUT2D eigenvalue weighted by Gasteiger charge is 2.12. The van der Waals surface area contributed by atoms with E-state index < -0.39 is 5.91 Å². The minimum absolute atomic E-state index is 0.448. The van der Waals surface area contributed by atoms with E-state index in [9.17, 15) is 4.79 Å². The Morgan fingerprint density at radius 2 is 1.81 bits per heavy atom. The van der Waals surface area contributed by atoms with Gasteiger partial charge >= 0.3 is 0 Å². The summed E-state index contributed by atoms with van der Waals surface area (Å²) in [6, 6.07) is 7.05. The molecule has 8 heteroatoms. The normalized spacial score (nSPS) is 11.3. The Balaban J connectivity index is 1.86. The molecule has 3 rings (SSSR count). The number of anilines is 1. The van der Waals surface area contributed by atoms with E-state index >= 15 is 0 Å². The van der Waals surface area contributed by atoms with Crippen LogP contribution in [0.5, 0.6) is 0 Å². The lowest BCUT2D eigenvalue weighted by molar-refractivity contribution is 0.100. The highest BCUT2D eigenvalue weighted by Crippen LogP contribution is 2.18. The van der Waals surface area contributed by atoms with E-state index in [0.29, 0.717) is 11.5 Å². The molecule has 8 nitrogen and oxygen atoms in total. The second kappa shape index (κ2) is 8.13. The summed E-state index contributed by atoms with van der Waals surface area (Å²) in [6.07, 6.45) is 3.44. The van der Waals surface area contributed by atoms with Crippen LogP contribution in [-0.2, 0) is 0 Å². The van der Waals surface area contributed by atoms with Gasteiger partial charge in [0.25, 0.3) is 0 Å². The molecule has 2 heterocycles. The van der Waals surface area contributed by atoms with Crippen LogP contribution in [0.15, 0.2) is 36.8 Å². The maximum absolute atomic E-state index is 11.3. The van der Waals surface area contributed by atoms with Crippen LogP contribution in [0.1, 0.15) is 24.2 Å². The number of aromatic nitrogens is 4. The molecule has 142 valence electrons. The smallest absolute Gasteiger partial charge is 0.248 e. The Bertz CT molecular complexity index is 915. The first-order valence-electron chi connectivity index (χ1n) is 9.07. The molecule has 0 unspecified atom stereocenters. The molecule has 0 saturated carbocycles. The van der Waals surface area contributed by atoms with Gasteiger partial charge in [-0.05, 0) is 37.4 Å². The molecule has 0 aliphatic carbocycles. The lowest BCUT2D eigenvalue weighted by atomic mass is 10.2. The van der Waals surface area contributed by atoms with Gasteiger partial charge in [0.1, 0.15) is 11.8 Å². The fourth-order valence-corrected chi connectivity index (χ4v) is 2.89. The average Bonchev–Trinajstić information content (AvgIpc) is 3.11. The topological polar surface area (TPSA) is 93.2 Å². The van der Waals surface area contributed by atoms with Gasteiger partial charge < -0.3 is 15.5 Å². The summed E-state index contributed by atoms with van der Waals surface area (Å²) in [5.74, 6) is 0.210. The Kier molecular flexibility index (Phi) is 5.66. The molecule has 1 aromatic carbocycles. The van der Waals surface area contributed by atoms with Gasteiger partial charge in [-0.1, -0.05) is 13.8 Å². The molecule has 0 saturated heterocycles. The highest BCUT2D eigenvalue weighted by molar-refractivity contribution is 5.93. The van der Waals surface area contributed by atoms with E-state index in [2.05, 4.69) is 28.7 Å². The van der Waals surface area contributed by atoms with Crippen molar-refractivity contribution in [3.8, 4) is 5.69 Å². The number of hydrogen-bond acceptors (Lipinski definition) is 6. The van der Waals surface area contributed by atoms with Gasteiger partial charge in [0, 0.05) is 31.4 Å². The SMILES string of the molecule is CCN(CC)CCN(C)c1ncc2ncn(-c3ccc(C(N)=O)cc3)c2n1. The minimum atomic E-state index is -0.448. The summed E-state index contributed by atoms with van der Waals surface area (Å²) in [4.78, 5) is 29.2. The molecular formula is C19H25N7O. The van der Waals surface area contributed by atoms with Crippen molar-refractivity contribution in [2.75, 3.05) is 38.1 Å². The Morgan fingerprint density at radius 1 is 1.11 bits per heavy atom. The maximum atomic E-state index is 11.3. The summed E-state index contributed by atoms with van der Waals surface area (Å²) in [5.41, 5.74) is 8.08. The van der Waals surface area contributed by atoms with E-state index in [1.165, 1.54) is 0 Å². The lowest BCUT2D eigenvalue weighted by Gasteiger charge is -2.23. The Hall–Kier alpha value is -3.00. The number of fused-ring (bicyclic) bond motifs is 1. The van der Waals surface area contributed by atoms with E-state index in [0.717, 1.165) is 43.0 Å². The van der Waals surface area contributed by atoms with Crippen molar-refractivity contribution in [2.24, 2.45) is 5.73 Å². The minimum Gasteiger partial charge on any atom is -0.366 e. The molecule has 2 N–H and O–H groups in total. The largest absolute Gasteiger partial charge is 0.366 e. The Labute approximate surface area is 158 Å². The first-order valence-corrected chi connectivity index (χ1v) is 9.07. The molecule has 27 heavy (non-hydrogen) atoms. The van der Waals surface area contributed by atoms with Gasteiger partial charge in [-0.15, -0.1) is 0 Å². The monoisotopic (exact) mass is 367 g/mol. The van der Waals surface area contributed by atoms with Crippen molar-refractivity contribution < 1.29 is 4.79 Å². The zero-order valence-corrected chi connectivity index (χ0v) is 16.0. The van der Waals surface area contributed by atoms with E-state index in [1.807, 2.05) is 28.6 Å². The van der Waals surface area contributed by atoms with Crippen LogP contribution >= 0.6 is 0 Å². The van der Waals surface area contributed by atoms with Crippen LogP contribution in [0.25, 0.3) is 16.9 Å². The number of nitrogens with two attached hydrogens (primary N) is 1. The molecule has 2 aromatic heterocycles. The molecule has 0 atom stereocenters. The van der Waals surface area contributed by atoms with Crippen molar-refractivity contribution in [1.82, 2.24) is 24.4 Å². The number of imidazole rings is 1. The van der Waals surface area contributed by atoms with E-state index in [-0.39, 0.29) is 0 Å². The van der Waals surface area contributed by atoms with Crippen LogP contribution in [0, 0.1) is 0 Å². The number of carbonyl (C=O) groups is 1. The van der Waals surface area contributed by atoms with Gasteiger partial charge in [0.2, 0.25) is 11.9 Å². The number of rotatable bonds is 8. The molecule has 0 spiro atoms. The molecule has 0 aliphatic heterocycles. The van der Waals surface area contributed by atoms with Crippen LogP contribution in [-0.4, -0.2) is 63.6 Å². The van der Waals surface area contributed by atoms with Gasteiger partial charge in [0.05, 0.1) is 6.20 Å². The molecular weight excluding hydrogens is 342 g/mol. The average molecular weight is 367 g/mol. The van der Waals surface area contributed by atoms with Crippen LogP contribution < -0.4 is 10.6 Å². The van der Waals surface area contributed by atoms with Crippen molar-refractivity contribution in [2.45, 2.75) is 13.8 Å². The molecule has 3 aromatic rings. The van der Waals surface area contributed by atoms with Gasteiger partial charge in [0.15, 0.2) is 5.65 Å². The maximum Gasteiger partial charge on any atom is 0.248 e. The zero-order chi connectivity index (χ0) is 19.4. The number of likely N-dealkylation sites (N-methyl/N-ethyl adjacent to an activating group) is 2. The number of hydrogen-bond donors (Lipinski definition) is 1. The molecule has 0 aliphatic rings. The number of primary amides is 1. The molecule has 0 radical (unpaired) electrons. The predicted molar refractivity (Wildman–Crippen MR) is 106 cm³/mol. The standard InChI is InChI=1S/C19H25N7O/c1-4-25(5-2)11-10-24(3)19-21-12-16-18(23-19)26(13-22-16)15-8-6-14(7-9-15)17(20)27/h6-9,12-13H,4-5,10-11H2,1-3H3,(H2,20,27). The molecule has 0 bridgehead atoms. The van der Waals surface area contributed by atoms with Gasteiger partial charge in [-0.3, -0.25) is 9.36 Å². The second-order valence-electron chi connectivity index (χ2n) is 6.35. The second-order valence-corrected chi connectivity index (χ2v) is 6.35. The molecule has 0 fully saturated rings. The van der Waals surface area contributed by atoms with Crippen molar-refractivity contribution in [3.63, 3.8) is 0 Å². The first kappa shape index (κ1) is 18.8. The summed E-state index contributed by atoms with van der Waals surface area (Å²) < 4.78 is 1.88.